The minimum Gasteiger partial charge on any atom is -0.305 e. The van der Waals surface area contributed by atoms with E-state index in [0.29, 0.717) is 17.6 Å². The Hall–Kier alpha value is -2.74. The van der Waals surface area contributed by atoms with Crippen LogP contribution in [0.15, 0.2) is 29.1 Å². The van der Waals surface area contributed by atoms with Gasteiger partial charge in [0.25, 0.3) is 5.56 Å². The van der Waals surface area contributed by atoms with E-state index >= 15 is 0 Å². The summed E-state index contributed by atoms with van der Waals surface area (Å²) in [6.45, 7) is 2.47. The number of nitrogens with two attached hydrogens (primary N) is 1. The summed E-state index contributed by atoms with van der Waals surface area (Å²) in [4.78, 5) is 11.9. The van der Waals surface area contributed by atoms with Crippen LogP contribution in [0, 0.1) is 6.92 Å². The van der Waals surface area contributed by atoms with E-state index in [1.54, 1.807) is 0 Å². The fraction of sp³-hybridized carbons (Fsp3) is 0.167. The maximum Gasteiger partial charge on any atom is 0.292 e. The first kappa shape index (κ1) is 12.3. The zero-order valence-electron chi connectivity index (χ0n) is 10.8. The Morgan fingerprint density at radius 2 is 2.10 bits per heavy atom. The van der Waals surface area contributed by atoms with Crippen LogP contribution in [0.25, 0.3) is 11.0 Å². The van der Waals surface area contributed by atoms with Crippen LogP contribution in [-0.4, -0.2) is 25.2 Å². The van der Waals surface area contributed by atoms with Gasteiger partial charge in [-0.2, -0.15) is 5.10 Å². The number of rotatable bonds is 3. The van der Waals surface area contributed by atoms with Crippen LogP contribution in [0.4, 0.5) is 5.82 Å². The van der Waals surface area contributed by atoms with Crippen molar-refractivity contribution in [3.63, 3.8) is 0 Å². The van der Waals surface area contributed by atoms with Gasteiger partial charge in [-0.15, -0.1) is 5.10 Å². The number of aromatic nitrogens is 5. The zero-order valence-corrected chi connectivity index (χ0v) is 10.8. The van der Waals surface area contributed by atoms with Crippen LogP contribution in [0.2, 0.25) is 0 Å². The molecule has 2 aromatic heterocycles. The van der Waals surface area contributed by atoms with E-state index < -0.39 is 0 Å². The lowest BCUT2D eigenvalue weighted by Gasteiger charge is -2.03. The van der Waals surface area contributed by atoms with Gasteiger partial charge in [0.05, 0.1) is 6.54 Å². The quantitative estimate of drug-likeness (QED) is 0.461. The third kappa shape index (κ3) is 2.01. The largest absolute Gasteiger partial charge is 0.305 e. The van der Waals surface area contributed by atoms with Crippen LogP contribution >= 0.6 is 0 Å². The molecule has 8 nitrogen and oxygen atoms in total. The monoisotopic (exact) mass is 271 g/mol. The Labute approximate surface area is 113 Å². The number of hydrogen-bond acceptors (Lipinski definition) is 6. The van der Waals surface area contributed by atoms with E-state index in [1.165, 1.54) is 10.2 Å². The molecule has 0 spiro atoms. The highest BCUT2D eigenvalue weighted by molar-refractivity contribution is 5.83. The molecule has 0 unspecified atom stereocenters. The molecule has 0 saturated carbocycles. The lowest BCUT2D eigenvalue weighted by molar-refractivity contribution is 0.667. The number of nitrogen functional groups attached to an aromatic ring is 1. The van der Waals surface area contributed by atoms with Gasteiger partial charge in [0.2, 0.25) is 0 Å². The molecule has 4 N–H and O–H groups in total. The number of aryl methyl sites for hydroxylation is 1. The lowest BCUT2D eigenvalue weighted by Crippen LogP contribution is -2.17. The number of H-pyrrole nitrogens is 1. The van der Waals surface area contributed by atoms with E-state index in [2.05, 4.69) is 25.9 Å². The number of hydrogen-bond donors (Lipinski definition) is 3. The first-order chi connectivity index (χ1) is 9.69. The summed E-state index contributed by atoms with van der Waals surface area (Å²) in [6, 6.07) is 7.99. The average Bonchev–Trinajstić information content (AvgIpc) is 2.87. The van der Waals surface area contributed by atoms with E-state index in [0.717, 1.165) is 5.56 Å². The Morgan fingerprint density at radius 3 is 2.80 bits per heavy atom. The normalized spacial score (nSPS) is 10.9. The first-order valence-electron chi connectivity index (χ1n) is 6.03. The van der Waals surface area contributed by atoms with Crippen LogP contribution in [-0.2, 0) is 6.54 Å². The third-order valence-electron chi connectivity index (χ3n) is 3.03. The van der Waals surface area contributed by atoms with E-state index in [1.807, 2.05) is 31.2 Å². The summed E-state index contributed by atoms with van der Waals surface area (Å²) in [5, 5.41) is 14.1. The van der Waals surface area contributed by atoms with Crippen LogP contribution in [0.5, 0.6) is 0 Å². The average molecular weight is 271 g/mol. The zero-order chi connectivity index (χ0) is 14.1. The molecule has 8 heteroatoms. The molecule has 2 heterocycles. The van der Waals surface area contributed by atoms with Gasteiger partial charge in [0, 0.05) is 0 Å². The van der Waals surface area contributed by atoms with Gasteiger partial charge in [-0.3, -0.25) is 4.79 Å². The van der Waals surface area contributed by atoms with Crippen molar-refractivity contribution in [2.24, 2.45) is 5.84 Å². The molecule has 0 aliphatic heterocycles. The van der Waals surface area contributed by atoms with Crippen molar-refractivity contribution in [1.29, 1.82) is 0 Å². The summed E-state index contributed by atoms with van der Waals surface area (Å²) in [5.41, 5.74) is 4.93. The molecule has 102 valence electrons. The van der Waals surface area contributed by atoms with Gasteiger partial charge in [0.1, 0.15) is 0 Å². The second-order valence-electron chi connectivity index (χ2n) is 4.48. The molecular weight excluding hydrogens is 258 g/mol. The lowest BCUT2D eigenvalue weighted by atomic mass is 10.1. The third-order valence-corrected chi connectivity index (χ3v) is 3.03. The number of hydrazine groups is 1. The number of anilines is 1. The van der Waals surface area contributed by atoms with Gasteiger partial charge in [-0.05, 0) is 12.5 Å². The topological polar surface area (TPSA) is 115 Å². The predicted molar refractivity (Wildman–Crippen MR) is 74.0 cm³/mol. The van der Waals surface area contributed by atoms with E-state index in [9.17, 15) is 4.79 Å². The summed E-state index contributed by atoms with van der Waals surface area (Å²) in [6.07, 6.45) is 0. The van der Waals surface area contributed by atoms with Gasteiger partial charge in [-0.25, -0.2) is 15.6 Å². The predicted octanol–water partition coefficient (Wildman–Crippen LogP) is 0.157. The standard InChI is InChI=1S/C12H13N7O/c1-7-2-4-8(5-3-7)6-19-10-9(15-18-19)11(14-13)16-17-12(10)20/h2-5H,6,13H2,1H3,(H,14,16)(H,17,20). The van der Waals surface area contributed by atoms with Crippen molar-refractivity contribution in [3.05, 3.63) is 45.7 Å². The highest BCUT2D eigenvalue weighted by Crippen LogP contribution is 2.14. The molecular formula is C12H13N7O. The Kier molecular flexibility index (Phi) is 2.92. The molecule has 0 fully saturated rings. The molecule has 0 bridgehead atoms. The second kappa shape index (κ2) is 4.74. The number of aromatic amines is 1. The Bertz CT molecular complexity index is 803. The fourth-order valence-electron chi connectivity index (χ4n) is 1.99. The first-order valence-corrected chi connectivity index (χ1v) is 6.03. The van der Waals surface area contributed by atoms with E-state index in [4.69, 9.17) is 5.84 Å². The van der Waals surface area contributed by atoms with Crippen molar-refractivity contribution in [2.75, 3.05) is 5.43 Å². The van der Waals surface area contributed by atoms with Crippen molar-refractivity contribution in [3.8, 4) is 0 Å². The molecule has 0 aliphatic carbocycles. The molecule has 3 rings (SSSR count). The summed E-state index contributed by atoms with van der Waals surface area (Å²) < 4.78 is 1.53. The molecule has 3 aromatic rings. The second-order valence-corrected chi connectivity index (χ2v) is 4.48. The smallest absolute Gasteiger partial charge is 0.292 e. The van der Waals surface area contributed by atoms with Crippen LogP contribution < -0.4 is 16.8 Å². The fourth-order valence-corrected chi connectivity index (χ4v) is 1.99. The van der Waals surface area contributed by atoms with Gasteiger partial charge < -0.3 is 5.43 Å². The highest BCUT2D eigenvalue weighted by Gasteiger charge is 2.13. The number of nitrogens with zero attached hydrogens (tertiary/aromatic N) is 4. The van der Waals surface area contributed by atoms with Gasteiger partial charge >= 0.3 is 0 Å². The summed E-state index contributed by atoms with van der Waals surface area (Å²) >= 11 is 0. The molecule has 0 radical (unpaired) electrons. The molecule has 1 aromatic carbocycles. The van der Waals surface area contributed by atoms with Crippen molar-refractivity contribution in [1.82, 2.24) is 25.2 Å². The number of nitrogens with one attached hydrogen (secondary N) is 2. The minimum atomic E-state index is -0.351. The summed E-state index contributed by atoms with van der Waals surface area (Å²) in [7, 11) is 0. The maximum atomic E-state index is 11.9. The molecule has 0 aliphatic rings. The Morgan fingerprint density at radius 1 is 1.35 bits per heavy atom. The maximum absolute atomic E-state index is 11.9. The van der Waals surface area contributed by atoms with Gasteiger partial charge in [0.15, 0.2) is 16.9 Å². The Balaban J connectivity index is 2.08. The van der Waals surface area contributed by atoms with Gasteiger partial charge in [-0.1, -0.05) is 35.0 Å². The summed E-state index contributed by atoms with van der Waals surface area (Å²) in [5.74, 6) is 5.62. The number of fused-ring (bicyclic) bond motifs is 1. The molecule has 0 saturated heterocycles. The van der Waals surface area contributed by atoms with Crippen LogP contribution in [0.1, 0.15) is 11.1 Å². The number of benzene rings is 1. The minimum absolute atomic E-state index is 0.287. The van der Waals surface area contributed by atoms with Crippen molar-refractivity contribution in [2.45, 2.75) is 13.5 Å². The SMILES string of the molecule is Cc1ccc(Cn2nnc3c(NN)n[nH]c(=O)c32)cc1. The highest BCUT2D eigenvalue weighted by atomic mass is 16.1. The molecule has 0 amide bonds. The van der Waals surface area contributed by atoms with Crippen LogP contribution in [0.3, 0.4) is 0 Å². The van der Waals surface area contributed by atoms with Crippen molar-refractivity contribution >= 4 is 16.9 Å². The molecule has 20 heavy (non-hydrogen) atoms. The molecule has 0 atom stereocenters. The van der Waals surface area contributed by atoms with Crippen molar-refractivity contribution < 1.29 is 0 Å². The van der Waals surface area contributed by atoms with E-state index in [-0.39, 0.29) is 11.4 Å².